The van der Waals surface area contributed by atoms with E-state index in [1.165, 1.54) is 0 Å². The molecule has 1 saturated heterocycles. The van der Waals surface area contributed by atoms with E-state index in [0.717, 1.165) is 0 Å². The van der Waals surface area contributed by atoms with Gasteiger partial charge in [-0.3, -0.25) is 0 Å². The Bertz CT molecular complexity index is 248. The van der Waals surface area contributed by atoms with E-state index in [-0.39, 0.29) is 29.6 Å². The van der Waals surface area contributed by atoms with Crippen LogP contribution in [-0.2, 0) is 14.3 Å². The number of carbonyl (C=O) groups is 1. The first kappa shape index (κ1) is 17.2. The Labute approximate surface area is 119 Å². The predicted molar refractivity (Wildman–Crippen MR) is 44.7 cm³/mol. The summed E-state index contributed by atoms with van der Waals surface area (Å²) in [4.78, 5) is 10.1. The van der Waals surface area contributed by atoms with Gasteiger partial charge in [-0.05, 0) is 0 Å². The van der Waals surface area contributed by atoms with Crippen LogP contribution in [0.1, 0.15) is 0 Å². The van der Waals surface area contributed by atoms with E-state index in [1.807, 2.05) is 0 Å². The maximum atomic E-state index is 10.1. The van der Waals surface area contributed by atoms with Gasteiger partial charge in [-0.2, -0.15) is 0 Å². The summed E-state index contributed by atoms with van der Waals surface area (Å²) >= 11 is 0. The number of carboxylic acid groups (broad SMARTS) is 1. The third-order valence-electron chi connectivity index (χ3n) is 2.21. The number of aliphatic carboxylic acids is 1. The molecule has 0 unspecified atom stereocenters. The Balaban J connectivity index is 0.00000256. The molecule has 9 heteroatoms. The van der Waals surface area contributed by atoms with Crippen LogP contribution < -0.4 is 34.7 Å². The quantitative estimate of drug-likeness (QED) is 0.365. The number of carboxylic acids is 1. The number of hydrogen-bond donors (Lipinski definition) is 4. The summed E-state index contributed by atoms with van der Waals surface area (Å²) < 4.78 is 9.45. The minimum atomic E-state index is -1.60. The van der Waals surface area contributed by atoms with Crippen LogP contribution in [0.2, 0.25) is 0 Å². The maximum absolute atomic E-state index is 10.1. The molecule has 0 aliphatic carbocycles. The number of hydrogen-bond acceptors (Lipinski definition) is 8. The summed E-state index contributed by atoms with van der Waals surface area (Å²) in [7, 11) is 0. The van der Waals surface area contributed by atoms with Gasteiger partial charge in [0.2, 0.25) is 0 Å². The van der Waals surface area contributed by atoms with Crippen molar-refractivity contribution in [3.05, 3.63) is 0 Å². The first-order chi connectivity index (χ1) is 7.47. The number of aliphatic hydroxyl groups is 4. The Morgan fingerprint density at radius 3 is 2.29 bits per heavy atom. The molecule has 0 saturated carbocycles. The zero-order valence-corrected chi connectivity index (χ0v) is 11.2. The van der Waals surface area contributed by atoms with Gasteiger partial charge in [-0.25, -0.2) is 0 Å². The standard InChI is InChI=1S/C8H14O8.Na/c9-1-3-5(12)6(13)7(14)8(16-3)15-2-4(10)11;/h3,5-9,12-14H,1-2H2,(H,10,11);/q;+1/p-1/t3-,5-,6+,7-,8+;/m1./s1. The van der Waals surface area contributed by atoms with E-state index < -0.39 is 49.9 Å². The molecule has 0 aromatic carbocycles. The van der Waals surface area contributed by atoms with Crippen LogP contribution in [0.3, 0.4) is 0 Å². The molecule has 1 aliphatic rings. The predicted octanol–water partition coefficient (Wildman–Crippen LogP) is -7.44. The molecule has 1 fully saturated rings. The van der Waals surface area contributed by atoms with E-state index in [4.69, 9.17) is 9.84 Å². The van der Waals surface area contributed by atoms with Crippen LogP contribution in [-0.4, -0.2) is 70.3 Å². The normalized spacial score (nSPS) is 37.3. The third-order valence-corrected chi connectivity index (χ3v) is 2.21. The molecule has 4 N–H and O–H groups in total. The zero-order valence-electron chi connectivity index (χ0n) is 9.22. The van der Waals surface area contributed by atoms with Crippen LogP contribution in [0.15, 0.2) is 0 Å². The van der Waals surface area contributed by atoms with Crippen molar-refractivity contribution in [2.75, 3.05) is 13.2 Å². The van der Waals surface area contributed by atoms with E-state index in [0.29, 0.717) is 0 Å². The maximum Gasteiger partial charge on any atom is 1.00 e. The minimum absolute atomic E-state index is 0. The van der Waals surface area contributed by atoms with Crippen LogP contribution in [0.25, 0.3) is 0 Å². The van der Waals surface area contributed by atoms with Gasteiger partial charge in [0.1, 0.15) is 24.4 Å². The molecule has 0 aromatic heterocycles. The van der Waals surface area contributed by atoms with Gasteiger partial charge >= 0.3 is 29.6 Å². The molecule has 1 heterocycles. The molecule has 17 heavy (non-hydrogen) atoms. The van der Waals surface area contributed by atoms with Gasteiger partial charge in [0, 0.05) is 0 Å². The third kappa shape index (κ3) is 4.43. The van der Waals surface area contributed by atoms with Crippen molar-refractivity contribution in [1.29, 1.82) is 0 Å². The van der Waals surface area contributed by atoms with Crippen molar-refractivity contribution < 1.29 is 69.4 Å². The van der Waals surface area contributed by atoms with Crippen LogP contribution in [0.4, 0.5) is 0 Å². The van der Waals surface area contributed by atoms with Crippen molar-refractivity contribution in [1.82, 2.24) is 0 Å². The largest absolute Gasteiger partial charge is 1.00 e. The van der Waals surface area contributed by atoms with Crippen molar-refractivity contribution in [3.8, 4) is 0 Å². The number of carbonyl (C=O) groups excluding carboxylic acids is 1. The number of ether oxygens (including phenoxy) is 2. The van der Waals surface area contributed by atoms with Crippen LogP contribution in [0, 0.1) is 0 Å². The van der Waals surface area contributed by atoms with Gasteiger partial charge < -0.3 is 39.8 Å². The molecular weight excluding hydrogens is 247 g/mol. The summed E-state index contributed by atoms with van der Waals surface area (Å²) in [6, 6.07) is 0. The SMILES string of the molecule is O=C([O-])CO[C@H]1O[C@H](CO)[C@@H](O)[C@H](O)[C@H]1O.[Na+]. The first-order valence-corrected chi connectivity index (χ1v) is 4.59. The van der Waals surface area contributed by atoms with Crippen molar-refractivity contribution >= 4 is 5.97 Å². The summed E-state index contributed by atoms with van der Waals surface area (Å²) in [5, 5.41) is 47.0. The molecule has 0 spiro atoms. The number of aliphatic hydroxyl groups excluding tert-OH is 4. The Morgan fingerprint density at radius 2 is 1.82 bits per heavy atom. The topological polar surface area (TPSA) is 140 Å². The van der Waals surface area contributed by atoms with Gasteiger partial charge in [0.15, 0.2) is 6.29 Å². The Kier molecular flexibility index (Phi) is 7.72. The van der Waals surface area contributed by atoms with Crippen LogP contribution >= 0.6 is 0 Å². The zero-order chi connectivity index (χ0) is 12.3. The van der Waals surface area contributed by atoms with Gasteiger partial charge in [0.05, 0.1) is 19.2 Å². The second-order valence-electron chi connectivity index (χ2n) is 3.38. The molecule has 0 radical (unpaired) electrons. The smallest absolute Gasteiger partial charge is 0.548 e. The molecule has 0 amide bonds. The summed E-state index contributed by atoms with van der Waals surface area (Å²) in [6.45, 7) is -1.43. The van der Waals surface area contributed by atoms with E-state index in [2.05, 4.69) is 4.74 Å². The van der Waals surface area contributed by atoms with Crippen molar-refractivity contribution in [3.63, 3.8) is 0 Å². The molecule has 1 rings (SSSR count). The molecule has 0 aromatic rings. The summed E-state index contributed by atoms with van der Waals surface area (Å²) in [6.07, 6.45) is -7.24. The average Bonchev–Trinajstić information content (AvgIpc) is 2.25. The molecule has 5 atom stereocenters. The van der Waals surface area contributed by atoms with E-state index in [9.17, 15) is 25.2 Å². The van der Waals surface area contributed by atoms with E-state index >= 15 is 0 Å². The van der Waals surface area contributed by atoms with Gasteiger partial charge in [0.25, 0.3) is 0 Å². The molecular formula is C8H13NaO8. The van der Waals surface area contributed by atoms with E-state index in [1.54, 1.807) is 0 Å². The van der Waals surface area contributed by atoms with Crippen LogP contribution in [0.5, 0.6) is 0 Å². The molecule has 94 valence electrons. The fourth-order valence-electron chi connectivity index (χ4n) is 1.36. The molecule has 8 nitrogen and oxygen atoms in total. The summed E-state index contributed by atoms with van der Waals surface area (Å²) in [5.74, 6) is -1.52. The van der Waals surface area contributed by atoms with Crippen molar-refractivity contribution in [2.24, 2.45) is 0 Å². The second kappa shape index (κ2) is 7.62. The fraction of sp³-hybridized carbons (Fsp3) is 0.875. The van der Waals surface area contributed by atoms with Crippen molar-refractivity contribution in [2.45, 2.75) is 30.7 Å². The fourth-order valence-corrected chi connectivity index (χ4v) is 1.36. The second-order valence-corrected chi connectivity index (χ2v) is 3.38. The Morgan fingerprint density at radius 1 is 1.24 bits per heavy atom. The average molecular weight is 260 g/mol. The number of rotatable bonds is 4. The van der Waals surface area contributed by atoms with Gasteiger partial charge in [-0.15, -0.1) is 0 Å². The van der Waals surface area contributed by atoms with Gasteiger partial charge in [-0.1, -0.05) is 0 Å². The Hall–Kier alpha value is 0.230. The minimum Gasteiger partial charge on any atom is -0.548 e. The monoisotopic (exact) mass is 260 g/mol. The first-order valence-electron chi connectivity index (χ1n) is 4.59. The molecule has 0 bridgehead atoms. The molecule has 1 aliphatic heterocycles. The summed E-state index contributed by atoms with van der Waals surface area (Å²) in [5.41, 5.74) is 0.